The highest BCUT2D eigenvalue weighted by Crippen LogP contribution is 2.38. The van der Waals surface area contributed by atoms with Crippen molar-refractivity contribution in [1.82, 2.24) is 14.7 Å². The van der Waals surface area contributed by atoms with Gasteiger partial charge in [0, 0.05) is 24.7 Å². The first-order valence-corrected chi connectivity index (χ1v) is 6.49. The lowest BCUT2D eigenvalue weighted by Gasteiger charge is -2.48. The van der Waals surface area contributed by atoms with E-state index in [4.69, 9.17) is 0 Å². The van der Waals surface area contributed by atoms with Gasteiger partial charge in [-0.1, -0.05) is 13.8 Å². The largest absolute Gasteiger partial charge is 0.389 e. The molecule has 0 aromatic carbocycles. The van der Waals surface area contributed by atoms with Crippen LogP contribution in [0.25, 0.3) is 0 Å². The third-order valence-electron chi connectivity index (χ3n) is 4.23. The van der Waals surface area contributed by atoms with Crippen LogP contribution in [-0.2, 0) is 0 Å². The molecule has 0 unspecified atom stereocenters. The SMILES string of the molecule is CC1(C)CN(C(=O)c2ccn(C(F)F)n2)CC[C@@]1(C)O. The van der Waals surface area contributed by atoms with Gasteiger partial charge < -0.3 is 10.0 Å². The lowest BCUT2D eigenvalue weighted by molar-refractivity contribution is -0.0971. The first-order valence-electron chi connectivity index (χ1n) is 6.49. The second-order valence-corrected chi connectivity index (χ2v) is 6.09. The van der Waals surface area contributed by atoms with E-state index in [-0.39, 0.29) is 11.6 Å². The number of aliphatic hydroxyl groups is 1. The molecule has 1 saturated heterocycles. The average molecular weight is 287 g/mol. The van der Waals surface area contributed by atoms with Gasteiger partial charge in [0.05, 0.1) is 5.60 Å². The molecular weight excluding hydrogens is 268 g/mol. The number of amides is 1. The van der Waals surface area contributed by atoms with E-state index in [0.29, 0.717) is 24.2 Å². The van der Waals surface area contributed by atoms with Crippen LogP contribution >= 0.6 is 0 Å². The van der Waals surface area contributed by atoms with Crippen LogP contribution in [0.4, 0.5) is 8.78 Å². The maximum atomic E-state index is 12.5. The van der Waals surface area contributed by atoms with E-state index in [1.54, 1.807) is 11.8 Å². The Labute approximate surface area is 116 Å². The summed E-state index contributed by atoms with van der Waals surface area (Å²) in [6.07, 6.45) is 1.53. The zero-order valence-electron chi connectivity index (χ0n) is 11.8. The van der Waals surface area contributed by atoms with Gasteiger partial charge >= 0.3 is 6.55 Å². The Morgan fingerprint density at radius 1 is 1.45 bits per heavy atom. The molecule has 1 atom stereocenters. The van der Waals surface area contributed by atoms with Gasteiger partial charge in [0.15, 0.2) is 5.69 Å². The molecule has 1 aliphatic rings. The van der Waals surface area contributed by atoms with E-state index in [9.17, 15) is 18.7 Å². The maximum Gasteiger partial charge on any atom is 0.333 e. The van der Waals surface area contributed by atoms with Crippen molar-refractivity contribution in [2.75, 3.05) is 13.1 Å². The summed E-state index contributed by atoms with van der Waals surface area (Å²) in [6.45, 7) is 3.50. The first kappa shape index (κ1) is 14.9. The number of aromatic nitrogens is 2. The van der Waals surface area contributed by atoms with E-state index < -0.39 is 17.6 Å². The van der Waals surface area contributed by atoms with Crippen LogP contribution in [0.2, 0.25) is 0 Å². The van der Waals surface area contributed by atoms with Crippen molar-refractivity contribution >= 4 is 5.91 Å². The number of carbonyl (C=O) groups excluding carboxylic acids is 1. The van der Waals surface area contributed by atoms with E-state index in [2.05, 4.69) is 5.10 Å². The highest BCUT2D eigenvalue weighted by molar-refractivity contribution is 5.92. The summed E-state index contributed by atoms with van der Waals surface area (Å²) in [7, 11) is 0. The molecule has 7 heteroatoms. The van der Waals surface area contributed by atoms with E-state index in [1.165, 1.54) is 6.07 Å². The Kier molecular flexibility index (Phi) is 3.58. The molecule has 1 aliphatic heterocycles. The number of hydrogen-bond acceptors (Lipinski definition) is 3. The molecule has 0 aliphatic carbocycles. The standard InChI is InChI=1S/C13H19F2N3O2/c1-12(2)8-17(7-5-13(12,3)20)10(19)9-4-6-18(16-9)11(14)15/h4,6,11,20H,5,7-8H2,1-3H3/t13-/m1/s1. The van der Waals surface area contributed by atoms with Crippen LogP contribution < -0.4 is 0 Å². The first-order chi connectivity index (χ1) is 9.14. The van der Waals surface area contributed by atoms with Crippen molar-refractivity contribution in [3.63, 3.8) is 0 Å². The zero-order chi connectivity index (χ0) is 15.1. The summed E-state index contributed by atoms with van der Waals surface area (Å²) in [6, 6.07) is 1.29. The fourth-order valence-electron chi connectivity index (χ4n) is 2.31. The van der Waals surface area contributed by atoms with Crippen LogP contribution in [0, 0.1) is 5.41 Å². The van der Waals surface area contributed by atoms with Gasteiger partial charge in [-0.25, -0.2) is 4.68 Å². The molecule has 1 fully saturated rings. The van der Waals surface area contributed by atoms with E-state index in [0.717, 1.165) is 6.20 Å². The molecule has 0 radical (unpaired) electrons. The minimum atomic E-state index is -2.75. The molecule has 1 aromatic rings. The number of halogens is 2. The molecule has 2 heterocycles. The molecule has 1 amide bonds. The van der Waals surface area contributed by atoms with Crippen molar-refractivity contribution < 1.29 is 18.7 Å². The van der Waals surface area contributed by atoms with E-state index >= 15 is 0 Å². The topological polar surface area (TPSA) is 58.4 Å². The fraction of sp³-hybridized carbons (Fsp3) is 0.692. The molecule has 20 heavy (non-hydrogen) atoms. The van der Waals surface area contributed by atoms with Crippen LogP contribution in [0.1, 0.15) is 44.2 Å². The fourth-order valence-corrected chi connectivity index (χ4v) is 2.31. The summed E-state index contributed by atoms with van der Waals surface area (Å²) in [5.74, 6) is -0.382. The molecule has 5 nitrogen and oxygen atoms in total. The molecule has 0 saturated carbocycles. The quantitative estimate of drug-likeness (QED) is 0.904. The Bertz CT molecular complexity index is 511. The lowest BCUT2D eigenvalue weighted by atomic mass is 9.71. The Morgan fingerprint density at radius 3 is 2.60 bits per heavy atom. The monoisotopic (exact) mass is 287 g/mol. The van der Waals surface area contributed by atoms with Gasteiger partial charge in [-0.2, -0.15) is 13.9 Å². The van der Waals surface area contributed by atoms with Crippen molar-refractivity contribution in [2.45, 2.75) is 39.3 Å². The third-order valence-corrected chi connectivity index (χ3v) is 4.23. The maximum absolute atomic E-state index is 12.5. The Balaban J connectivity index is 2.14. The summed E-state index contributed by atoms with van der Waals surface area (Å²) < 4.78 is 25.4. The molecular formula is C13H19F2N3O2. The van der Waals surface area contributed by atoms with Crippen molar-refractivity contribution in [2.24, 2.45) is 5.41 Å². The minimum absolute atomic E-state index is 0.00245. The number of carbonyl (C=O) groups is 1. The zero-order valence-corrected chi connectivity index (χ0v) is 11.8. The van der Waals surface area contributed by atoms with Gasteiger partial charge in [-0.15, -0.1) is 0 Å². The van der Waals surface area contributed by atoms with Gasteiger partial charge in [-0.3, -0.25) is 4.79 Å². The normalized spacial score (nSPS) is 26.1. The lowest BCUT2D eigenvalue weighted by Crippen LogP contribution is -2.57. The van der Waals surface area contributed by atoms with E-state index in [1.807, 2.05) is 13.8 Å². The third kappa shape index (κ3) is 2.54. The number of alkyl halides is 2. The van der Waals surface area contributed by atoms with Gasteiger partial charge in [-0.05, 0) is 19.4 Å². The second kappa shape index (κ2) is 4.80. The molecule has 1 N–H and O–H groups in total. The van der Waals surface area contributed by atoms with Crippen molar-refractivity contribution in [1.29, 1.82) is 0 Å². The molecule has 0 spiro atoms. The van der Waals surface area contributed by atoms with Gasteiger partial charge in [0.1, 0.15) is 0 Å². The van der Waals surface area contributed by atoms with Crippen molar-refractivity contribution in [3.8, 4) is 0 Å². The summed E-state index contributed by atoms with van der Waals surface area (Å²) in [5.41, 5.74) is -1.32. The minimum Gasteiger partial charge on any atom is -0.389 e. The second-order valence-electron chi connectivity index (χ2n) is 6.09. The highest BCUT2D eigenvalue weighted by atomic mass is 19.3. The number of nitrogens with zero attached hydrogens (tertiary/aromatic N) is 3. The summed E-state index contributed by atoms with van der Waals surface area (Å²) in [5, 5.41) is 13.9. The number of piperidine rings is 1. The Hall–Kier alpha value is -1.50. The van der Waals surface area contributed by atoms with Crippen LogP contribution in [-0.4, -0.2) is 44.4 Å². The smallest absolute Gasteiger partial charge is 0.333 e. The molecule has 0 bridgehead atoms. The Morgan fingerprint density at radius 2 is 2.10 bits per heavy atom. The summed E-state index contributed by atoms with van der Waals surface area (Å²) >= 11 is 0. The number of rotatable bonds is 2. The van der Waals surface area contributed by atoms with Crippen LogP contribution in [0.3, 0.4) is 0 Å². The van der Waals surface area contributed by atoms with Crippen LogP contribution in [0.5, 0.6) is 0 Å². The van der Waals surface area contributed by atoms with Crippen molar-refractivity contribution in [3.05, 3.63) is 18.0 Å². The predicted molar refractivity (Wildman–Crippen MR) is 68.4 cm³/mol. The predicted octanol–water partition coefficient (Wildman–Crippen LogP) is 1.90. The van der Waals surface area contributed by atoms with Crippen LogP contribution in [0.15, 0.2) is 12.3 Å². The molecule has 1 aromatic heterocycles. The highest BCUT2D eigenvalue weighted by Gasteiger charge is 2.45. The number of hydrogen-bond donors (Lipinski definition) is 1. The number of likely N-dealkylation sites (tertiary alicyclic amines) is 1. The molecule has 112 valence electrons. The molecule has 2 rings (SSSR count). The van der Waals surface area contributed by atoms with Gasteiger partial charge in [0.2, 0.25) is 0 Å². The van der Waals surface area contributed by atoms with Gasteiger partial charge in [0.25, 0.3) is 5.91 Å². The average Bonchev–Trinajstić information content (AvgIpc) is 2.81. The summed E-state index contributed by atoms with van der Waals surface area (Å²) in [4.78, 5) is 13.8.